The fourth-order valence-corrected chi connectivity index (χ4v) is 0.966. The second-order valence-electron chi connectivity index (χ2n) is 2.68. The first-order valence-corrected chi connectivity index (χ1v) is 4.16. The van der Waals surface area contributed by atoms with Crippen molar-refractivity contribution >= 4 is 18.7 Å². The van der Waals surface area contributed by atoms with Crippen LogP contribution in [0.4, 0.5) is 0 Å². The molecule has 3 nitrogen and oxygen atoms in total. The van der Waals surface area contributed by atoms with Gasteiger partial charge in [-0.1, -0.05) is 24.4 Å². The zero-order valence-electron chi connectivity index (χ0n) is 7.49. The third kappa shape index (κ3) is 3.19. The van der Waals surface area contributed by atoms with Gasteiger partial charge in [-0.25, -0.2) is 4.79 Å². The molecule has 0 radical (unpaired) electrons. The molecular weight excluding hydrogens is 167 g/mol. The minimum Gasteiger partial charge on any atom is -0.482 e. The van der Waals surface area contributed by atoms with Crippen LogP contribution in [0.25, 0.3) is 0 Å². The van der Waals surface area contributed by atoms with E-state index in [0.29, 0.717) is 5.75 Å². The van der Waals surface area contributed by atoms with Crippen LogP contribution < -0.4 is 10.2 Å². The van der Waals surface area contributed by atoms with Crippen LogP contribution in [0.5, 0.6) is 5.75 Å². The highest BCUT2D eigenvalue weighted by atomic mass is 16.5. The van der Waals surface area contributed by atoms with Crippen LogP contribution in [0.3, 0.4) is 0 Å². The molecule has 0 atom stereocenters. The first-order chi connectivity index (χ1) is 6.22. The van der Waals surface area contributed by atoms with Gasteiger partial charge in [0, 0.05) is 0 Å². The van der Waals surface area contributed by atoms with Crippen LogP contribution in [-0.2, 0) is 4.79 Å². The van der Waals surface area contributed by atoms with E-state index in [1.165, 1.54) is 5.46 Å². The number of rotatable bonds is 4. The lowest BCUT2D eigenvalue weighted by atomic mass is 9.73. The summed E-state index contributed by atoms with van der Waals surface area (Å²) < 4.78 is 4.97. The van der Waals surface area contributed by atoms with E-state index in [-0.39, 0.29) is 6.61 Å². The van der Waals surface area contributed by atoms with Crippen molar-refractivity contribution < 1.29 is 14.6 Å². The van der Waals surface area contributed by atoms with E-state index in [9.17, 15) is 4.79 Å². The first kappa shape index (κ1) is 9.64. The molecule has 1 N–H and O–H groups in total. The monoisotopic (exact) mass is 178 g/mol. The summed E-state index contributed by atoms with van der Waals surface area (Å²) in [6.45, 7) is 1.78. The Morgan fingerprint density at radius 3 is 2.54 bits per heavy atom. The number of carbonyl (C=O) groups is 1. The molecule has 1 rings (SSSR count). The maximum absolute atomic E-state index is 10.2. The van der Waals surface area contributed by atoms with Crippen molar-refractivity contribution in [2.24, 2.45) is 0 Å². The lowest BCUT2D eigenvalue weighted by molar-refractivity contribution is -0.139. The Morgan fingerprint density at radius 2 is 2.08 bits per heavy atom. The Hall–Kier alpha value is -1.45. The number of aliphatic carboxylic acids is 1. The summed E-state index contributed by atoms with van der Waals surface area (Å²) in [5, 5.41) is 8.35. The predicted octanol–water partition coefficient (Wildman–Crippen LogP) is 0.260. The SMILES string of the molecule is CBc1ccc(OCC(=O)O)cc1. The Balaban J connectivity index is 2.54. The summed E-state index contributed by atoms with van der Waals surface area (Å²) in [6, 6.07) is 7.41. The molecule has 0 amide bonds. The van der Waals surface area contributed by atoms with Gasteiger partial charge >= 0.3 is 5.97 Å². The van der Waals surface area contributed by atoms with Crippen LogP contribution in [-0.4, -0.2) is 25.0 Å². The average Bonchev–Trinajstić information content (AvgIpc) is 2.15. The lowest BCUT2D eigenvalue weighted by Gasteiger charge is -2.02. The predicted molar refractivity (Wildman–Crippen MR) is 52.2 cm³/mol. The van der Waals surface area contributed by atoms with Gasteiger partial charge in [0.1, 0.15) is 5.75 Å². The zero-order valence-corrected chi connectivity index (χ0v) is 7.49. The third-order valence-electron chi connectivity index (χ3n) is 1.69. The van der Waals surface area contributed by atoms with E-state index < -0.39 is 5.97 Å². The van der Waals surface area contributed by atoms with Crippen molar-refractivity contribution in [2.75, 3.05) is 6.61 Å². The second-order valence-corrected chi connectivity index (χ2v) is 2.68. The molecule has 0 spiro atoms. The van der Waals surface area contributed by atoms with Crippen molar-refractivity contribution in [3.63, 3.8) is 0 Å². The molecule has 13 heavy (non-hydrogen) atoms. The van der Waals surface area contributed by atoms with E-state index in [4.69, 9.17) is 9.84 Å². The molecule has 0 aromatic heterocycles. The Kier molecular flexibility index (Phi) is 3.37. The molecule has 1 aromatic carbocycles. The van der Waals surface area contributed by atoms with Gasteiger partial charge in [0.25, 0.3) is 0 Å². The van der Waals surface area contributed by atoms with E-state index in [0.717, 1.165) is 7.28 Å². The Bertz CT molecular complexity index is 281. The quantitative estimate of drug-likeness (QED) is 0.672. The standard InChI is InChI=1S/C9H11BO3/c1-10-7-2-4-8(5-3-7)13-6-9(11)12/h2-5,10H,6H2,1H3,(H,11,12). The summed E-state index contributed by atoms with van der Waals surface area (Å²) in [7, 11) is 0.971. The smallest absolute Gasteiger partial charge is 0.341 e. The molecule has 0 aliphatic rings. The number of ether oxygens (including phenoxy) is 1. The van der Waals surface area contributed by atoms with Gasteiger partial charge in [0.15, 0.2) is 13.9 Å². The highest BCUT2D eigenvalue weighted by Crippen LogP contribution is 2.06. The summed E-state index contributed by atoms with van der Waals surface area (Å²) in [5.41, 5.74) is 1.21. The topological polar surface area (TPSA) is 46.5 Å². The summed E-state index contributed by atoms with van der Waals surface area (Å²) >= 11 is 0. The van der Waals surface area contributed by atoms with Gasteiger partial charge in [0.2, 0.25) is 0 Å². The first-order valence-electron chi connectivity index (χ1n) is 4.16. The molecule has 0 saturated heterocycles. The van der Waals surface area contributed by atoms with Gasteiger partial charge in [-0.3, -0.25) is 0 Å². The van der Waals surface area contributed by atoms with E-state index in [2.05, 4.69) is 6.82 Å². The highest BCUT2D eigenvalue weighted by molar-refractivity contribution is 6.51. The van der Waals surface area contributed by atoms with E-state index >= 15 is 0 Å². The molecule has 0 aliphatic heterocycles. The molecular formula is C9H11BO3. The van der Waals surface area contributed by atoms with Gasteiger partial charge in [-0.2, -0.15) is 0 Å². The summed E-state index contributed by atoms with van der Waals surface area (Å²) in [4.78, 5) is 10.2. The lowest BCUT2D eigenvalue weighted by Crippen LogP contribution is -2.12. The molecule has 0 heterocycles. The number of carboxylic acids is 1. The molecule has 0 bridgehead atoms. The third-order valence-corrected chi connectivity index (χ3v) is 1.69. The van der Waals surface area contributed by atoms with Crippen LogP contribution in [0.2, 0.25) is 6.82 Å². The number of carboxylic acid groups (broad SMARTS) is 1. The second kappa shape index (κ2) is 4.55. The zero-order chi connectivity index (χ0) is 9.68. The summed E-state index contributed by atoms with van der Waals surface area (Å²) in [6.07, 6.45) is 0. The van der Waals surface area contributed by atoms with Crippen molar-refractivity contribution in [3.8, 4) is 5.75 Å². The molecule has 0 saturated carbocycles. The molecule has 4 heteroatoms. The van der Waals surface area contributed by atoms with Gasteiger partial charge < -0.3 is 9.84 Å². The van der Waals surface area contributed by atoms with Crippen molar-refractivity contribution in [1.82, 2.24) is 0 Å². The normalized spacial score (nSPS) is 9.31. The van der Waals surface area contributed by atoms with E-state index in [1.54, 1.807) is 12.1 Å². The van der Waals surface area contributed by atoms with Gasteiger partial charge in [0.05, 0.1) is 0 Å². The summed E-state index contributed by atoms with van der Waals surface area (Å²) in [5.74, 6) is -0.362. The number of hydrogen-bond acceptors (Lipinski definition) is 2. The minimum atomic E-state index is -0.959. The van der Waals surface area contributed by atoms with Crippen molar-refractivity contribution in [3.05, 3.63) is 24.3 Å². The van der Waals surface area contributed by atoms with Crippen LogP contribution in [0.1, 0.15) is 0 Å². The van der Waals surface area contributed by atoms with Crippen LogP contribution >= 0.6 is 0 Å². The fourth-order valence-electron chi connectivity index (χ4n) is 0.966. The number of benzene rings is 1. The van der Waals surface area contributed by atoms with Gasteiger partial charge in [-0.05, 0) is 12.1 Å². The minimum absolute atomic E-state index is 0.286. The maximum atomic E-state index is 10.2. The van der Waals surface area contributed by atoms with Crippen molar-refractivity contribution in [2.45, 2.75) is 6.82 Å². The molecule has 0 unspecified atom stereocenters. The molecule has 0 aliphatic carbocycles. The highest BCUT2D eigenvalue weighted by Gasteiger charge is 1.98. The fraction of sp³-hybridized carbons (Fsp3) is 0.222. The van der Waals surface area contributed by atoms with Crippen LogP contribution in [0.15, 0.2) is 24.3 Å². The Morgan fingerprint density at radius 1 is 1.46 bits per heavy atom. The molecule has 68 valence electrons. The maximum Gasteiger partial charge on any atom is 0.341 e. The van der Waals surface area contributed by atoms with Crippen molar-refractivity contribution in [1.29, 1.82) is 0 Å². The molecule has 0 fully saturated rings. The van der Waals surface area contributed by atoms with E-state index in [1.807, 2.05) is 12.1 Å². The van der Waals surface area contributed by atoms with Gasteiger partial charge in [-0.15, -0.1) is 0 Å². The molecule has 1 aromatic rings. The largest absolute Gasteiger partial charge is 0.482 e. The van der Waals surface area contributed by atoms with Crippen LogP contribution in [0, 0.1) is 0 Å². The Labute approximate surface area is 77.6 Å². The average molecular weight is 178 g/mol. The number of hydrogen-bond donors (Lipinski definition) is 1.